The van der Waals surface area contributed by atoms with E-state index in [9.17, 15) is 18.9 Å². The fourth-order valence-corrected chi connectivity index (χ4v) is 3.24. The molecule has 1 heterocycles. The minimum atomic E-state index is -2.83. The van der Waals surface area contributed by atoms with Crippen LogP contribution < -0.4 is 9.47 Å². The van der Waals surface area contributed by atoms with Crippen LogP contribution >= 0.6 is 11.8 Å². The van der Waals surface area contributed by atoms with E-state index in [1.807, 2.05) is 0 Å². The van der Waals surface area contributed by atoms with Crippen LogP contribution in [0.15, 0.2) is 46.7 Å². The lowest BCUT2D eigenvalue weighted by atomic mass is 10.1. The number of halogens is 2. The van der Waals surface area contributed by atoms with E-state index in [1.54, 1.807) is 43.5 Å². The number of alkyl halides is 2. The zero-order valence-electron chi connectivity index (χ0n) is 17.4. The van der Waals surface area contributed by atoms with Gasteiger partial charge < -0.3 is 9.47 Å². The zero-order valence-corrected chi connectivity index (χ0v) is 18.2. The predicted octanol–water partition coefficient (Wildman–Crippen LogP) is 4.62. The lowest BCUT2D eigenvalue weighted by molar-refractivity contribution is -0.386. The van der Waals surface area contributed by atoms with Crippen molar-refractivity contribution in [2.24, 2.45) is 5.10 Å². The molecule has 0 aliphatic rings. The summed E-state index contributed by atoms with van der Waals surface area (Å²) in [7, 11) is 1.48. The molecule has 1 aromatic heterocycles. The molecule has 2 aromatic carbocycles. The largest absolute Gasteiger partial charge is 0.496 e. The maximum absolute atomic E-state index is 13.2. The number of hydrogen-bond acceptors (Lipinski definition) is 8. The number of nitro groups is 1. The van der Waals surface area contributed by atoms with Gasteiger partial charge in [-0.15, -0.1) is 10.2 Å². The molecule has 32 heavy (non-hydrogen) atoms. The summed E-state index contributed by atoms with van der Waals surface area (Å²) in [5.41, 5.74) is 1.83. The lowest BCUT2D eigenvalue weighted by Gasteiger charge is -2.12. The van der Waals surface area contributed by atoms with Crippen molar-refractivity contribution in [2.75, 3.05) is 13.4 Å². The first kappa shape index (κ1) is 23.1. The average Bonchev–Trinajstić information content (AvgIpc) is 3.19. The second-order valence-corrected chi connectivity index (χ2v) is 7.26. The number of ether oxygens (including phenoxy) is 2. The second kappa shape index (κ2) is 10.2. The number of rotatable bonds is 9. The Labute approximate surface area is 186 Å². The van der Waals surface area contributed by atoms with Crippen molar-refractivity contribution in [1.82, 2.24) is 14.9 Å². The molecule has 0 saturated heterocycles. The molecule has 0 aliphatic carbocycles. The molecule has 0 spiro atoms. The Morgan fingerprint density at radius 3 is 2.69 bits per heavy atom. The number of nitro benzene ring substituents is 1. The number of nitrogens with zero attached hydrogens (tertiary/aromatic N) is 5. The van der Waals surface area contributed by atoms with E-state index in [4.69, 9.17) is 9.47 Å². The molecule has 0 N–H and O–H groups in total. The normalized spacial score (nSPS) is 11.3. The fourth-order valence-electron chi connectivity index (χ4n) is 2.81. The van der Waals surface area contributed by atoms with E-state index < -0.39 is 17.2 Å². The van der Waals surface area contributed by atoms with Crippen LogP contribution in [0.1, 0.15) is 28.9 Å². The molecule has 0 atom stereocenters. The van der Waals surface area contributed by atoms with Crippen molar-refractivity contribution in [1.29, 1.82) is 0 Å². The predicted molar refractivity (Wildman–Crippen MR) is 115 cm³/mol. The summed E-state index contributed by atoms with van der Waals surface area (Å²) < 4.78 is 38.3. The minimum absolute atomic E-state index is 0.0138. The molecule has 0 fully saturated rings. The lowest BCUT2D eigenvalue weighted by Crippen LogP contribution is -2.03. The van der Waals surface area contributed by atoms with E-state index >= 15 is 0 Å². The Morgan fingerprint density at radius 1 is 1.25 bits per heavy atom. The highest BCUT2D eigenvalue weighted by atomic mass is 32.2. The Morgan fingerprint density at radius 2 is 2.03 bits per heavy atom. The van der Waals surface area contributed by atoms with Crippen molar-refractivity contribution in [2.45, 2.75) is 25.1 Å². The van der Waals surface area contributed by atoms with Crippen molar-refractivity contribution in [3.8, 4) is 11.5 Å². The van der Waals surface area contributed by atoms with E-state index in [2.05, 4.69) is 15.3 Å². The summed E-state index contributed by atoms with van der Waals surface area (Å²) in [6.07, 6.45) is 0.233. The maximum Gasteiger partial charge on any atom is 0.310 e. The molecule has 3 rings (SSSR count). The van der Waals surface area contributed by atoms with E-state index in [0.29, 0.717) is 16.9 Å². The Kier molecular flexibility index (Phi) is 7.36. The summed E-state index contributed by atoms with van der Waals surface area (Å²) in [6, 6.07) is 9.64. The molecule has 0 radical (unpaired) electrons. The SMILES string of the molecule is COc1ccc(C=Nn2c(SC)nnc2C(F)F)cc1COc1cc(C)ccc1[N+](=O)[O-]. The fraction of sp³-hybridized carbons (Fsp3) is 0.250. The molecule has 0 amide bonds. The van der Waals surface area contributed by atoms with Crippen molar-refractivity contribution in [3.05, 3.63) is 69.0 Å². The molecule has 9 nitrogen and oxygen atoms in total. The zero-order chi connectivity index (χ0) is 23.3. The van der Waals surface area contributed by atoms with Gasteiger partial charge in [-0.05, 0) is 48.6 Å². The van der Waals surface area contributed by atoms with Crippen LogP contribution in [-0.4, -0.2) is 39.4 Å². The molecular formula is C20H19F2N5O4S. The van der Waals surface area contributed by atoms with Gasteiger partial charge >= 0.3 is 5.69 Å². The van der Waals surface area contributed by atoms with Crippen LogP contribution in [0, 0.1) is 17.0 Å². The quantitative estimate of drug-likeness (QED) is 0.197. The summed E-state index contributed by atoms with van der Waals surface area (Å²) in [5.74, 6) is 0.0704. The molecule has 3 aromatic rings. The number of aromatic nitrogens is 3. The highest BCUT2D eigenvalue weighted by Gasteiger charge is 2.19. The second-order valence-electron chi connectivity index (χ2n) is 6.49. The highest BCUT2D eigenvalue weighted by molar-refractivity contribution is 7.98. The molecule has 0 unspecified atom stereocenters. The van der Waals surface area contributed by atoms with E-state index in [-0.39, 0.29) is 23.2 Å². The summed E-state index contributed by atoms with van der Waals surface area (Å²) >= 11 is 1.14. The maximum atomic E-state index is 13.2. The highest BCUT2D eigenvalue weighted by Crippen LogP contribution is 2.30. The molecule has 0 saturated carbocycles. The van der Waals surface area contributed by atoms with Gasteiger partial charge in [0, 0.05) is 11.6 Å². The monoisotopic (exact) mass is 463 g/mol. The summed E-state index contributed by atoms with van der Waals surface area (Å²) in [5, 5.41) is 22.7. The van der Waals surface area contributed by atoms with Crippen LogP contribution in [0.25, 0.3) is 0 Å². The van der Waals surface area contributed by atoms with Crippen molar-refractivity contribution < 1.29 is 23.2 Å². The topological polar surface area (TPSA) is 105 Å². The first-order chi connectivity index (χ1) is 15.3. The number of aryl methyl sites for hydroxylation is 1. The third kappa shape index (κ3) is 5.19. The Balaban J connectivity index is 1.88. The number of hydrogen-bond donors (Lipinski definition) is 0. The van der Waals surface area contributed by atoms with Crippen LogP contribution in [0.3, 0.4) is 0 Å². The van der Waals surface area contributed by atoms with Gasteiger partial charge in [-0.2, -0.15) is 9.78 Å². The molecule has 168 valence electrons. The van der Waals surface area contributed by atoms with Gasteiger partial charge in [0.1, 0.15) is 12.4 Å². The van der Waals surface area contributed by atoms with Gasteiger partial charge in [-0.1, -0.05) is 17.8 Å². The molecule has 0 aliphatic heterocycles. The van der Waals surface area contributed by atoms with Crippen LogP contribution in [-0.2, 0) is 6.61 Å². The third-order valence-electron chi connectivity index (χ3n) is 4.34. The van der Waals surface area contributed by atoms with Crippen molar-refractivity contribution in [3.63, 3.8) is 0 Å². The summed E-state index contributed by atoms with van der Waals surface area (Å²) in [6.45, 7) is 1.79. The van der Waals surface area contributed by atoms with E-state index in [0.717, 1.165) is 22.0 Å². The smallest absolute Gasteiger partial charge is 0.310 e. The first-order valence-electron chi connectivity index (χ1n) is 9.20. The average molecular weight is 463 g/mol. The van der Waals surface area contributed by atoms with Gasteiger partial charge in [0.2, 0.25) is 11.0 Å². The molecular weight excluding hydrogens is 444 g/mol. The number of thioether (sulfide) groups is 1. The summed E-state index contributed by atoms with van der Waals surface area (Å²) in [4.78, 5) is 10.7. The minimum Gasteiger partial charge on any atom is -0.496 e. The van der Waals surface area contributed by atoms with Crippen LogP contribution in [0.2, 0.25) is 0 Å². The van der Waals surface area contributed by atoms with Crippen LogP contribution in [0.5, 0.6) is 11.5 Å². The van der Waals surface area contributed by atoms with Crippen LogP contribution in [0.4, 0.5) is 14.5 Å². The Bertz CT molecular complexity index is 1150. The van der Waals surface area contributed by atoms with Gasteiger partial charge in [-0.3, -0.25) is 10.1 Å². The first-order valence-corrected chi connectivity index (χ1v) is 10.4. The third-order valence-corrected chi connectivity index (χ3v) is 4.96. The van der Waals surface area contributed by atoms with Crippen molar-refractivity contribution >= 4 is 23.7 Å². The van der Waals surface area contributed by atoms with Gasteiger partial charge in [0.15, 0.2) is 5.75 Å². The number of methoxy groups -OCH3 is 1. The molecule has 12 heteroatoms. The number of benzene rings is 2. The van der Waals surface area contributed by atoms with Gasteiger partial charge in [0.05, 0.1) is 18.2 Å². The Hall–Kier alpha value is -3.54. The van der Waals surface area contributed by atoms with Gasteiger partial charge in [-0.25, -0.2) is 8.78 Å². The standard InChI is InChI=1S/C20H19F2N5O4S/c1-12-4-6-15(27(28)29)17(8-12)31-11-14-9-13(5-7-16(14)30-2)10-23-26-19(18(21)22)24-25-20(26)32-3/h4-10,18H,11H2,1-3H3. The molecule has 0 bridgehead atoms. The van der Waals surface area contributed by atoms with Gasteiger partial charge in [0.25, 0.3) is 6.43 Å². The van der Waals surface area contributed by atoms with E-state index in [1.165, 1.54) is 19.4 Å².